The van der Waals surface area contributed by atoms with Crippen molar-refractivity contribution in [3.63, 3.8) is 0 Å². The van der Waals surface area contributed by atoms with Crippen molar-refractivity contribution in [3.8, 4) is 0 Å². The first-order chi connectivity index (χ1) is 10.8. The number of hydrogen-bond acceptors (Lipinski definition) is 3. The third-order valence-corrected chi connectivity index (χ3v) is 3.32. The van der Waals surface area contributed by atoms with Crippen LogP contribution in [0, 0.1) is 0 Å². The summed E-state index contributed by atoms with van der Waals surface area (Å²) in [5, 5.41) is 5.73. The molecule has 0 fully saturated rings. The lowest BCUT2D eigenvalue weighted by Gasteiger charge is -2.27. The molecule has 5 heteroatoms. The van der Waals surface area contributed by atoms with Crippen LogP contribution in [0.4, 0.5) is 5.69 Å². The number of thiocarbonyl (C=S) groups is 1. The predicted octanol–water partition coefficient (Wildman–Crippen LogP) is 2.72. The van der Waals surface area contributed by atoms with E-state index in [4.69, 9.17) is 17.0 Å². The fourth-order valence-corrected chi connectivity index (χ4v) is 2.21. The number of hydrogen-bond donors (Lipinski definition) is 2. The number of methoxy groups -OCH3 is 1. The monoisotopic (exact) mass is 315 g/mol. The molecule has 0 saturated carbocycles. The number of ether oxygens (including phenoxy) is 1. The SMILES string of the molecule is COCCNC(=S)NN(Cc1ccccc1)c1ccccc1. The Kier molecular flexibility index (Phi) is 6.67. The number of benzene rings is 2. The number of para-hydroxylation sites is 1. The summed E-state index contributed by atoms with van der Waals surface area (Å²) in [6.07, 6.45) is 0. The first-order valence-electron chi connectivity index (χ1n) is 7.19. The summed E-state index contributed by atoms with van der Waals surface area (Å²) in [5.74, 6) is 0. The van der Waals surface area contributed by atoms with Gasteiger partial charge in [0, 0.05) is 13.7 Å². The highest BCUT2D eigenvalue weighted by Gasteiger charge is 2.08. The Bertz CT molecular complexity index is 563. The molecular formula is C17H21N3OS. The summed E-state index contributed by atoms with van der Waals surface area (Å²) in [7, 11) is 1.67. The Morgan fingerprint density at radius 2 is 1.68 bits per heavy atom. The van der Waals surface area contributed by atoms with Gasteiger partial charge in [-0.25, -0.2) is 0 Å². The Morgan fingerprint density at radius 3 is 2.32 bits per heavy atom. The average molecular weight is 315 g/mol. The molecule has 2 N–H and O–H groups in total. The Balaban J connectivity index is 2.04. The van der Waals surface area contributed by atoms with Crippen molar-refractivity contribution in [2.75, 3.05) is 25.3 Å². The maximum absolute atomic E-state index is 5.34. The van der Waals surface area contributed by atoms with Gasteiger partial charge in [-0.05, 0) is 29.9 Å². The summed E-state index contributed by atoms with van der Waals surface area (Å²) in [6.45, 7) is 2.01. The van der Waals surface area contributed by atoms with Crippen LogP contribution >= 0.6 is 12.2 Å². The fourth-order valence-electron chi connectivity index (χ4n) is 2.00. The van der Waals surface area contributed by atoms with Gasteiger partial charge in [-0.15, -0.1) is 0 Å². The molecule has 116 valence electrons. The Labute approximate surface area is 137 Å². The van der Waals surface area contributed by atoms with Crippen molar-refractivity contribution in [1.82, 2.24) is 10.7 Å². The molecule has 0 unspecified atom stereocenters. The summed E-state index contributed by atoms with van der Waals surface area (Å²) >= 11 is 5.34. The van der Waals surface area contributed by atoms with E-state index in [1.165, 1.54) is 5.56 Å². The topological polar surface area (TPSA) is 36.5 Å². The van der Waals surface area contributed by atoms with Gasteiger partial charge in [-0.3, -0.25) is 10.4 Å². The largest absolute Gasteiger partial charge is 0.383 e. The molecule has 0 spiro atoms. The van der Waals surface area contributed by atoms with E-state index in [1.54, 1.807) is 7.11 Å². The third-order valence-electron chi connectivity index (χ3n) is 3.08. The molecular weight excluding hydrogens is 294 g/mol. The van der Waals surface area contributed by atoms with Crippen molar-refractivity contribution in [1.29, 1.82) is 0 Å². The average Bonchev–Trinajstić information content (AvgIpc) is 2.56. The zero-order valence-electron chi connectivity index (χ0n) is 12.7. The van der Waals surface area contributed by atoms with E-state index in [1.807, 2.05) is 53.5 Å². The number of hydrazine groups is 1. The summed E-state index contributed by atoms with van der Waals surface area (Å²) in [5.41, 5.74) is 5.50. The van der Waals surface area contributed by atoms with Crippen LogP contribution in [0.5, 0.6) is 0 Å². The minimum absolute atomic E-state index is 0.580. The molecule has 0 aliphatic heterocycles. The maximum Gasteiger partial charge on any atom is 0.185 e. The van der Waals surface area contributed by atoms with Gasteiger partial charge in [0.1, 0.15) is 0 Å². The van der Waals surface area contributed by atoms with E-state index in [0.717, 1.165) is 12.2 Å². The van der Waals surface area contributed by atoms with Gasteiger partial charge >= 0.3 is 0 Å². The van der Waals surface area contributed by atoms with Crippen molar-refractivity contribution in [2.45, 2.75) is 6.54 Å². The van der Waals surface area contributed by atoms with Crippen molar-refractivity contribution in [3.05, 3.63) is 66.2 Å². The van der Waals surface area contributed by atoms with Crippen molar-refractivity contribution in [2.24, 2.45) is 0 Å². The normalized spacial score (nSPS) is 10.0. The Hall–Kier alpha value is -2.11. The zero-order chi connectivity index (χ0) is 15.6. The Morgan fingerprint density at radius 1 is 1.05 bits per heavy atom. The molecule has 0 heterocycles. The van der Waals surface area contributed by atoms with Gasteiger partial charge in [0.2, 0.25) is 0 Å². The molecule has 0 aliphatic carbocycles. The van der Waals surface area contributed by atoms with Crippen LogP contribution in [-0.4, -0.2) is 25.4 Å². The highest BCUT2D eigenvalue weighted by Crippen LogP contribution is 2.14. The van der Waals surface area contributed by atoms with Gasteiger partial charge in [-0.1, -0.05) is 48.5 Å². The van der Waals surface area contributed by atoms with Gasteiger partial charge in [0.15, 0.2) is 5.11 Å². The lowest BCUT2D eigenvalue weighted by atomic mass is 10.2. The van der Waals surface area contributed by atoms with E-state index in [0.29, 0.717) is 18.3 Å². The molecule has 2 aromatic rings. The van der Waals surface area contributed by atoms with E-state index < -0.39 is 0 Å². The fraction of sp³-hybridized carbons (Fsp3) is 0.235. The summed E-state index contributed by atoms with van der Waals surface area (Å²) < 4.78 is 5.01. The summed E-state index contributed by atoms with van der Waals surface area (Å²) in [6, 6.07) is 20.4. The van der Waals surface area contributed by atoms with E-state index in [9.17, 15) is 0 Å². The molecule has 0 amide bonds. The summed E-state index contributed by atoms with van der Waals surface area (Å²) in [4.78, 5) is 0. The number of rotatable bonds is 7. The second-order valence-electron chi connectivity index (χ2n) is 4.77. The van der Waals surface area contributed by atoms with Crippen LogP contribution < -0.4 is 15.8 Å². The molecule has 22 heavy (non-hydrogen) atoms. The minimum atomic E-state index is 0.580. The smallest absolute Gasteiger partial charge is 0.185 e. The van der Waals surface area contributed by atoms with Crippen molar-refractivity contribution < 1.29 is 4.74 Å². The van der Waals surface area contributed by atoms with E-state index >= 15 is 0 Å². The van der Waals surface area contributed by atoms with E-state index in [-0.39, 0.29) is 0 Å². The quantitative estimate of drug-likeness (QED) is 0.467. The highest BCUT2D eigenvalue weighted by molar-refractivity contribution is 7.80. The molecule has 2 rings (SSSR count). The lowest BCUT2D eigenvalue weighted by molar-refractivity contribution is 0.204. The molecule has 0 bridgehead atoms. The maximum atomic E-state index is 5.34. The number of nitrogens with one attached hydrogen (secondary N) is 2. The molecule has 0 saturated heterocycles. The van der Waals surface area contributed by atoms with Crippen molar-refractivity contribution >= 4 is 23.0 Å². The lowest BCUT2D eigenvalue weighted by Crippen LogP contribution is -2.47. The van der Waals surface area contributed by atoms with Crippen LogP contribution in [-0.2, 0) is 11.3 Å². The molecule has 2 aromatic carbocycles. The number of anilines is 1. The highest BCUT2D eigenvalue weighted by atomic mass is 32.1. The van der Waals surface area contributed by atoms with Crippen LogP contribution in [0.3, 0.4) is 0 Å². The second kappa shape index (κ2) is 9.02. The van der Waals surface area contributed by atoms with Crippen LogP contribution in [0.1, 0.15) is 5.56 Å². The van der Waals surface area contributed by atoms with Crippen LogP contribution in [0.2, 0.25) is 0 Å². The van der Waals surface area contributed by atoms with Gasteiger partial charge in [0.05, 0.1) is 18.8 Å². The zero-order valence-corrected chi connectivity index (χ0v) is 13.5. The van der Waals surface area contributed by atoms with Crippen LogP contribution in [0.15, 0.2) is 60.7 Å². The number of nitrogens with zero attached hydrogens (tertiary/aromatic N) is 1. The van der Waals surface area contributed by atoms with Gasteiger partial charge in [0.25, 0.3) is 0 Å². The molecule has 0 aliphatic rings. The van der Waals surface area contributed by atoms with E-state index in [2.05, 4.69) is 22.9 Å². The van der Waals surface area contributed by atoms with Gasteiger partial charge in [-0.2, -0.15) is 0 Å². The first kappa shape index (κ1) is 16.3. The predicted molar refractivity (Wildman–Crippen MR) is 94.7 cm³/mol. The van der Waals surface area contributed by atoms with Gasteiger partial charge < -0.3 is 10.1 Å². The minimum Gasteiger partial charge on any atom is -0.383 e. The molecule has 4 nitrogen and oxygen atoms in total. The molecule has 0 radical (unpaired) electrons. The second-order valence-corrected chi connectivity index (χ2v) is 5.18. The molecule has 0 aromatic heterocycles. The van der Waals surface area contributed by atoms with Crippen LogP contribution in [0.25, 0.3) is 0 Å². The first-order valence-corrected chi connectivity index (χ1v) is 7.60. The molecule has 0 atom stereocenters. The third kappa shape index (κ3) is 5.35. The standard InChI is InChI=1S/C17H21N3OS/c1-21-13-12-18-17(22)19-20(16-10-6-3-7-11-16)14-15-8-4-2-5-9-15/h2-11H,12-14H2,1H3,(H2,18,19,22).